The molecule has 1 amide bonds. The molecule has 0 bridgehead atoms. The summed E-state index contributed by atoms with van der Waals surface area (Å²) in [6.45, 7) is 4.14. The fourth-order valence-electron chi connectivity index (χ4n) is 5.69. The number of unbranched alkanes of at least 4 members (excludes halogenated alkanes) is 23. The fourth-order valence-corrected chi connectivity index (χ4v) is 5.69. The highest BCUT2D eigenvalue weighted by molar-refractivity contribution is 5.76. The van der Waals surface area contributed by atoms with Crippen molar-refractivity contribution in [2.75, 3.05) is 6.61 Å². The van der Waals surface area contributed by atoms with Crippen LogP contribution in [-0.2, 0) is 4.79 Å². The summed E-state index contributed by atoms with van der Waals surface area (Å²) in [5.74, 6) is -0.154. The van der Waals surface area contributed by atoms with Gasteiger partial charge in [0.2, 0.25) is 5.91 Å². The molecule has 0 aliphatic carbocycles. The van der Waals surface area contributed by atoms with Gasteiger partial charge in [0, 0.05) is 6.42 Å². The Bertz CT molecular complexity index is 582. The van der Waals surface area contributed by atoms with E-state index in [1.165, 1.54) is 128 Å². The smallest absolute Gasteiger partial charge is 0.220 e. The van der Waals surface area contributed by atoms with E-state index >= 15 is 0 Å². The highest BCUT2D eigenvalue weighted by atomic mass is 16.3. The number of rotatable bonds is 33. The van der Waals surface area contributed by atoms with E-state index in [1.54, 1.807) is 0 Å². The van der Waals surface area contributed by atoms with Crippen LogP contribution in [0, 0.1) is 0 Å². The highest BCUT2D eigenvalue weighted by Crippen LogP contribution is 2.15. The van der Waals surface area contributed by atoms with Gasteiger partial charge in [-0.05, 0) is 38.5 Å². The number of hydrogen-bond donors (Lipinski definition) is 4. The molecule has 4 N–H and O–H groups in total. The second kappa shape index (κ2) is 33.0. The Kier molecular flexibility index (Phi) is 32.3. The van der Waals surface area contributed by atoms with E-state index in [4.69, 9.17) is 0 Å². The fraction of sp³-hybridized carbons (Fsp3) is 0.919. The van der Waals surface area contributed by atoms with Crippen molar-refractivity contribution in [2.45, 2.75) is 212 Å². The number of carbonyl (C=O) groups excluding carboxylic acids is 1. The van der Waals surface area contributed by atoms with Crippen molar-refractivity contribution in [3.63, 3.8) is 0 Å². The molecule has 0 spiro atoms. The molecular formula is C37H73NO4. The van der Waals surface area contributed by atoms with E-state index in [-0.39, 0.29) is 12.5 Å². The van der Waals surface area contributed by atoms with E-state index in [0.717, 1.165) is 38.5 Å². The quantitative estimate of drug-likeness (QED) is 0.0449. The van der Waals surface area contributed by atoms with Gasteiger partial charge in [0.1, 0.15) is 6.10 Å². The standard InChI is InChI=1S/C37H73NO4/c1-3-5-7-9-11-13-15-17-18-19-20-22-24-26-28-30-32-36(41)38-34(33-39)37(42)35(40)31-29-27-25-23-21-16-14-12-10-8-6-4-2/h23,25,34-35,37,39-40,42H,3-22,24,26-33H2,1-2H3,(H,38,41)/b25-23+. The number of hydrogen-bond acceptors (Lipinski definition) is 4. The van der Waals surface area contributed by atoms with Crippen LogP contribution in [0.4, 0.5) is 0 Å². The third-order valence-electron chi connectivity index (χ3n) is 8.62. The number of nitrogens with one attached hydrogen (secondary N) is 1. The third-order valence-corrected chi connectivity index (χ3v) is 8.62. The van der Waals surface area contributed by atoms with Crippen molar-refractivity contribution in [2.24, 2.45) is 0 Å². The lowest BCUT2D eigenvalue weighted by molar-refractivity contribution is -0.124. The maximum absolute atomic E-state index is 12.3. The van der Waals surface area contributed by atoms with Crippen LogP contribution in [0.1, 0.15) is 194 Å². The van der Waals surface area contributed by atoms with Gasteiger partial charge in [-0.2, -0.15) is 0 Å². The first-order valence-corrected chi connectivity index (χ1v) is 18.5. The lowest BCUT2D eigenvalue weighted by Gasteiger charge is -2.26. The molecule has 0 aromatic heterocycles. The maximum Gasteiger partial charge on any atom is 0.220 e. The van der Waals surface area contributed by atoms with E-state index in [2.05, 4.69) is 31.3 Å². The summed E-state index contributed by atoms with van der Waals surface area (Å²) in [4.78, 5) is 12.3. The van der Waals surface area contributed by atoms with Crippen molar-refractivity contribution < 1.29 is 20.1 Å². The average Bonchev–Trinajstić information content (AvgIpc) is 2.99. The van der Waals surface area contributed by atoms with Crippen LogP contribution < -0.4 is 5.32 Å². The molecule has 0 aliphatic heterocycles. The minimum atomic E-state index is -1.15. The molecule has 0 aliphatic rings. The minimum absolute atomic E-state index is 0.154. The van der Waals surface area contributed by atoms with Crippen molar-refractivity contribution in [3.05, 3.63) is 12.2 Å². The lowest BCUT2D eigenvalue weighted by Crippen LogP contribution is -2.50. The minimum Gasteiger partial charge on any atom is -0.394 e. The van der Waals surface area contributed by atoms with Crippen LogP contribution in [0.3, 0.4) is 0 Å². The van der Waals surface area contributed by atoms with Gasteiger partial charge >= 0.3 is 0 Å². The Labute approximate surface area is 261 Å². The van der Waals surface area contributed by atoms with Crippen molar-refractivity contribution in [1.29, 1.82) is 0 Å². The second-order valence-corrected chi connectivity index (χ2v) is 12.8. The predicted octanol–water partition coefficient (Wildman–Crippen LogP) is 9.70. The van der Waals surface area contributed by atoms with Crippen LogP contribution >= 0.6 is 0 Å². The Morgan fingerprint density at radius 2 is 0.952 bits per heavy atom. The normalized spacial score (nSPS) is 13.9. The molecule has 0 rings (SSSR count). The van der Waals surface area contributed by atoms with Crippen LogP contribution in [-0.4, -0.2) is 46.1 Å². The second-order valence-electron chi connectivity index (χ2n) is 12.8. The van der Waals surface area contributed by atoms with E-state index in [0.29, 0.717) is 12.8 Å². The summed E-state index contributed by atoms with van der Waals surface area (Å²) in [6.07, 6.45) is 35.9. The summed E-state index contributed by atoms with van der Waals surface area (Å²) in [5, 5.41) is 33.3. The highest BCUT2D eigenvalue weighted by Gasteiger charge is 2.26. The summed E-state index contributed by atoms with van der Waals surface area (Å²) >= 11 is 0. The van der Waals surface area contributed by atoms with Gasteiger partial charge < -0.3 is 20.6 Å². The predicted molar refractivity (Wildman–Crippen MR) is 181 cm³/mol. The first-order chi connectivity index (χ1) is 20.6. The topological polar surface area (TPSA) is 89.8 Å². The molecule has 0 aromatic carbocycles. The number of aliphatic hydroxyl groups is 3. The van der Waals surface area contributed by atoms with Crippen molar-refractivity contribution in [1.82, 2.24) is 5.32 Å². The molecule has 250 valence electrons. The summed E-state index contributed by atoms with van der Waals surface area (Å²) in [7, 11) is 0. The zero-order valence-electron chi connectivity index (χ0n) is 28.1. The van der Waals surface area contributed by atoms with Crippen molar-refractivity contribution >= 4 is 5.91 Å². The van der Waals surface area contributed by atoms with Gasteiger partial charge in [-0.15, -0.1) is 0 Å². The van der Waals surface area contributed by atoms with E-state index < -0.39 is 18.2 Å². The molecule has 0 saturated carbocycles. The SMILES string of the molecule is CCCCCCCCC/C=C/CCCC(O)C(O)C(CO)NC(=O)CCCCCCCCCCCCCCCCCC. The van der Waals surface area contributed by atoms with Gasteiger partial charge in [-0.25, -0.2) is 0 Å². The molecule has 42 heavy (non-hydrogen) atoms. The molecule has 0 heterocycles. The Morgan fingerprint density at radius 1 is 0.571 bits per heavy atom. The largest absolute Gasteiger partial charge is 0.394 e. The average molecular weight is 596 g/mol. The van der Waals surface area contributed by atoms with Gasteiger partial charge in [-0.3, -0.25) is 4.79 Å². The van der Waals surface area contributed by atoms with Gasteiger partial charge in [-0.1, -0.05) is 161 Å². The summed E-state index contributed by atoms with van der Waals surface area (Å²) in [6, 6.07) is -0.818. The molecule has 0 aromatic rings. The zero-order valence-corrected chi connectivity index (χ0v) is 28.1. The summed E-state index contributed by atoms with van der Waals surface area (Å²) < 4.78 is 0. The molecule has 5 heteroatoms. The van der Waals surface area contributed by atoms with E-state index in [9.17, 15) is 20.1 Å². The molecule has 0 fully saturated rings. The molecule has 3 unspecified atom stereocenters. The molecular weight excluding hydrogens is 522 g/mol. The van der Waals surface area contributed by atoms with Gasteiger partial charge in [0.15, 0.2) is 0 Å². The van der Waals surface area contributed by atoms with Crippen LogP contribution in [0.5, 0.6) is 0 Å². The first kappa shape index (κ1) is 41.1. The number of aliphatic hydroxyl groups excluding tert-OH is 3. The van der Waals surface area contributed by atoms with Crippen LogP contribution in [0.2, 0.25) is 0 Å². The molecule has 0 radical (unpaired) electrons. The number of amides is 1. The van der Waals surface area contributed by atoms with Crippen LogP contribution in [0.15, 0.2) is 12.2 Å². The van der Waals surface area contributed by atoms with Crippen LogP contribution in [0.25, 0.3) is 0 Å². The molecule has 5 nitrogen and oxygen atoms in total. The number of carbonyl (C=O) groups is 1. The van der Waals surface area contributed by atoms with Gasteiger partial charge in [0.25, 0.3) is 0 Å². The third kappa shape index (κ3) is 27.9. The number of allylic oxidation sites excluding steroid dienone is 2. The Balaban J connectivity index is 3.70. The Hall–Kier alpha value is -0.910. The maximum atomic E-state index is 12.3. The molecule has 3 atom stereocenters. The summed E-state index contributed by atoms with van der Waals surface area (Å²) in [5.41, 5.74) is 0. The lowest BCUT2D eigenvalue weighted by atomic mass is 10.0. The van der Waals surface area contributed by atoms with Gasteiger partial charge in [0.05, 0.1) is 18.8 Å². The Morgan fingerprint density at radius 3 is 1.38 bits per heavy atom. The molecule has 0 saturated heterocycles. The van der Waals surface area contributed by atoms with E-state index in [1.807, 2.05) is 0 Å². The monoisotopic (exact) mass is 596 g/mol. The zero-order chi connectivity index (χ0) is 30.9. The first-order valence-electron chi connectivity index (χ1n) is 18.5. The van der Waals surface area contributed by atoms with Crippen molar-refractivity contribution in [3.8, 4) is 0 Å².